The van der Waals surface area contributed by atoms with Crippen molar-refractivity contribution >= 4 is 50.7 Å². The van der Waals surface area contributed by atoms with Gasteiger partial charge in [0.05, 0.1) is 29.1 Å². The number of aliphatic carboxylic acids is 1. The molecule has 0 aliphatic heterocycles. The van der Waals surface area contributed by atoms with Gasteiger partial charge in [-0.25, -0.2) is 9.97 Å². The average Bonchev–Trinajstić information content (AvgIpc) is 2.78. The van der Waals surface area contributed by atoms with Crippen LogP contribution in [0.2, 0.25) is 5.02 Å². The van der Waals surface area contributed by atoms with Gasteiger partial charge < -0.3 is 14.5 Å². The number of carboxylic acids is 1. The van der Waals surface area contributed by atoms with E-state index in [-0.39, 0.29) is 6.54 Å². The van der Waals surface area contributed by atoms with Crippen molar-refractivity contribution in [3.05, 3.63) is 47.5 Å². The van der Waals surface area contributed by atoms with E-state index in [1.165, 1.54) is 0 Å². The molecule has 0 spiro atoms. The van der Waals surface area contributed by atoms with Crippen LogP contribution in [0.4, 0.5) is 0 Å². The molecule has 0 fully saturated rings. The maximum absolute atomic E-state index is 11.1. The molecule has 22 heavy (non-hydrogen) atoms. The standard InChI is InChI=1S/C16H10ClN3O2/c17-9-5-6-13-10(7-9)15-16(20(13)8-14(21)22)19-12-4-2-1-3-11(12)18-15/h1-7H,8H2,(H,21,22)/p-1. The van der Waals surface area contributed by atoms with Crippen LogP contribution < -0.4 is 5.11 Å². The van der Waals surface area contributed by atoms with E-state index in [1.807, 2.05) is 24.3 Å². The van der Waals surface area contributed by atoms with Crippen LogP contribution in [0.5, 0.6) is 0 Å². The van der Waals surface area contributed by atoms with Gasteiger partial charge in [-0.2, -0.15) is 0 Å². The third-order valence-corrected chi connectivity index (χ3v) is 3.83. The number of rotatable bonds is 2. The van der Waals surface area contributed by atoms with Gasteiger partial charge in [0.1, 0.15) is 5.52 Å². The highest BCUT2D eigenvalue weighted by molar-refractivity contribution is 6.31. The Kier molecular flexibility index (Phi) is 2.77. The molecule has 0 saturated carbocycles. The van der Waals surface area contributed by atoms with Crippen LogP contribution in [0.1, 0.15) is 0 Å². The molecule has 4 rings (SSSR count). The number of carbonyl (C=O) groups excluding carboxylic acids is 1. The number of carboxylic acid groups (broad SMARTS) is 1. The average molecular weight is 311 g/mol. The number of nitrogens with zero attached hydrogens (tertiary/aromatic N) is 3. The fourth-order valence-electron chi connectivity index (χ4n) is 2.70. The van der Waals surface area contributed by atoms with Crippen LogP contribution in [0.15, 0.2) is 42.5 Å². The first-order valence-corrected chi connectivity index (χ1v) is 7.05. The maximum atomic E-state index is 11.1. The Morgan fingerprint density at radius 3 is 2.59 bits per heavy atom. The topological polar surface area (TPSA) is 70.8 Å². The first kappa shape index (κ1) is 13.0. The van der Waals surface area contributed by atoms with Gasteiger partial charge >= 0.3 is 0 Å². The normalized spacial score (nSPS) is 11.5. The molecule has 0 aliphatic carbocycles. The fourth-order valence-corrected chi connectivity index (χ4v) is 2.87. The number of benzene rings is 2. The number of fused-ring (bicyclic) bond motifs is 4. The molecule has 0 atom stereocenters. The highest BCUT2D eigenvalue weighted by Crippen LogP contribution is 2.30. The van der Waals surface area contributed by atoms with Crippen molar-refractivity contribution < 1.29 is 9.90 Å². The fraction of sp³-hybridized carbons (Fsp3) is 0.0625. The molecule has 2 aromatic carbocycles. The summed E-state index contributed by atoms with van der Waals surface area (Å²) in [5, 5.41) is 12.4. The lowest BCUT2D eigenvalue weighted by atomic mass is 10.2. The second-order valence-electron chi connectivity index (χ2n) is 5.00. The number of aromatic nitrogens is 3. The summed E-state index contributed by atoms with van der Waals surface area (Å²) in [6, 6.07) is 12.7. The highest BCUT2D eigenvalue weighted by Gasteiger charge is 2.14. The second-order valence-corrected chi connectivity index (χ2v) is 5.44. The zero-order chi connectivity index (χ0) is 15.3. The van der Waals surface area contributed by atoms with Gasteiger partial charge in [-0.15, -0.1) is 0 Å². The Balaban J connectivity index is 2.20. The summed E-state index contributed by atoms with van der Waals surface area (Å²) in [4.78, 5) is 20.3. The van der Waals surface area contributed by atoms with Crippen LogP contribution in [-0.4, -0.2) is 20.5 Å². The van der Waals surface area contributed by atoms with Gasteiger partial charge in [0.2, 0.25) is 0 Å². The Bertz CT molecular complexity index is 1060. The summed E-state index contributed by atoms with van der Waals surface area (Å²) in [6.45, 7) is -0.283. The molecule has 0 amide bonds. The van der Waals surface area contributed by atoms with Gasteiger partial charge in [-0.1, -0.05) is 23.7 Å². The Morgan fingerprint density at radius 2 is 1.86 bits per heavy atom. The van der Waals surface area contributed by atoms with Crippen molar-refractivity contribution in [2.75, 3.05) is 0 Å². The highest BCUT2D eigenvalue weighted by atomic mass is 35.5. The second kappa shape index (κ2) is 4.68. The number of hydrogen-bond donors (Lipinski definition) is 0. The molecule has 0 unspecified atom stereocenters. The predicted molar refractivity (Wildman–Crippen MR) is 82.6 cm³/mol. The maximum Gasteiger partial charge on any atom is 0.160 e. The molecule has 0 aliphatic rings. The van der Waals surface area contributed by atoms with E-state index in [1.54, 1.807) is 22.8 Å². The van der Waals surface area contributed by atoms with Crippen molar-refractivity contribution in [2.24, 2.45) is 0 Å². The Hall–Kier alpha value is -2.66. The first-order valence-electron chi connectivity index (χ1n) is 6.67. The molecule has 5 nitrogen and oxygen atoms in total. The molecular formula is C16H9ClN3O2-. The van der Waals surface area contributed by atoms with Crippen LogP contribution in [0.25, 0.3) is 33.1 Å². The van der Waals surface area contributed by atoms with Gasteiger partial charge in [-0.3, -0.25) is 0 Å². The summed E-state index contributed by atoms with van der Waals surface area (Å²) < 4.78 is 1.59. The lowest BCUT2D eigenvalue weighted by molar-refractivity contribution is -0.306. The van der Waals surface area contributed by atoms with Crippen molar-refractivity contribution in [1.82, 2.24) is 14.5 Å². The van der Waals surface area contributed by atoms with Gasteiger partial charge in [0.15, 0.2) is 5.65 Å². The van der Waals surface area contributed by atoms with Crippen LogP contribution in [-0.2, 0) is 11.3 Å². The van der Waals surface area contributed by atoms with Crippen molar-refractivity contribution in [3.8, 4) is 0 Å². The SMILES string of the molecule is O=C([O-])Cn1c2ccc(Cl)cc2c2nc3ccccc3nc21. The summed E-state index contributed by atoms with van der Waals surface area (Å²) in [5.74, 6) is -1.18. The van der Waals surface area contributed by atoms with Crippen molar-refractivity contribution in [1.29, 1.82) is 0 Å². The summed E-state index contributed by atoms with van der Waals surface area (Å²) >= 11 is 6.07. The summed E-state index contributed by atoms with van der Waals surface area (Å²) in [5.41, 5.74) is 3.34. The third kappa shape index (κ3) is 1.90. The predicted octanol–water partition coefficient (Wildman–Crippen LogP) is 2.14. The number of carbonyl (C=O) groups is 1. The molecule has 0 bridgehead atoms. The molecule has 108 valence electrons. The van der Waals surface area contributed by atoms with E-state index < -0.39 is 5.97 Å². The summed E-state index contributed by atoms with van der Waals surface area (Å²) in [7, 11) is 0. The zero-order valence-electron chi connectivity index (χ0n) is 11.3. The Morgan fingerprint density at radius 1 is 1.14 bits per heavy atom. The van der Waals surface area contributed by atoms with Crippen LogP contribution >= 0.6 is 11.6 Å². The Labute approximate surface area is 129 Å². The largest absolute Gasteiger partial charge is 0.548 e. The number of para-hydroxylation sites is 2. The quantitative estimate of drug-likeness (QED) is 0.569. The lowest BCUT2D eigenvalue weighted by Crippen LogP contribution is -2.27. The molecule has 0 radical (unpaired) electrons. The third-order valence-electron chi connectivity index (χ3n) is 3.60. The van der Waals surface area contributed by atoms with Crippen LogP contribution in [0, 0.1) is 0 Å². The molecule has 2 aromatic heterocycles. The van der Waals surface area contributed by atoms with Gasteiger partial charge in [0, 0.05) is 10.4 Å². The molecule has 4 aromatic rings. The number of hydrogen-bond acceptors (Lipinski definition) is 4. The summed E-state index contributed by atoms with van der Waals surface area (Å²) in [6.07, 6.45) is 0. The van der Waals surface area contributed by atoms with E-state index in [4.69, 9.17) is 11.6 Å². The molecule has 0 saturated heterocycles. The molecule has 6 heteroatoms. The molecular weight excluding hydrogens is 302 g/mol. The monoisotopic (exact) mass is 310 g/mol. The van der Waals surface area contributed by atoms with Gasteiger partial charge in [0.25, 0.3) is 0 Å². The van der Waals surface area contributed by atoms with Crippen molar-refractivity contribution in [3.63, 3.8) is 0 Å². The number of halogens is 1. The lowest BCUT2D eigenvalue weighted by Gasteiger charge is -2.07. The van der Waals surface area contributed by atoms with E-state index in [0.717, 1.165) is 16.4 Å². The first-order chi connectivity index (χ1) is 10.6. The van der Waals surface area contributed by atoms with E-state index >= 15 is 0 Å². The minimum Gasteiger partial charge on any atom is -0.548 e. The minimum absolute atomic E-state index is 0.283. The molecule has 0 N–H and O–H groups in total. The van der Waals surface area contributed by atoms with Crippen LogP contribution in [0.3, 0.4) is 0 Å². The van der Waals surface area contributed by atoms with E-state index in [9.17, 15) is 9.90 Å². The van der Waals surface area contributed by atoms with E-state index in [2.05, 4.69) is 9.97 Å². The van der Waals surface area contributed by atoms with E-state index in [0.29, 0.717) is 21.7 Å². The zero-order valence-corrected chi connectivity index (χ0v) is 12.0. The molecule has 2 heterocycles. The van der Waals surface area contributed by atoms with Gasteiger partial charge in [-0.05, 0) is 30.3 Å². The smallest absolute Gasteiger partial charge is 0.160 e. The van der Waals surface area contributed by atoms with Crippen molar-refractivity contribution in [2.45, 2.75) is 6.54 Å². The minimum atomic E-state index is -1.18.